The molecule has 0 amide bonds. The van der Waals surface area contributed by atoms with Crippen LogP contribution in [-0.2, 0) is 0 Å². The van der Waals surface area contributed by atoms with E-state index in [-0.39, 0.29) is 5.84 Å². The van der Waals surface area contributed by atoms with Crippen LogP contribution in [0.4, 0.5) is 13.2 Å². The van der Waals surface area contributed by atoms with E-state index in [4.69, 9.17) is 5.73 Å². The summed E-state index contributed by atoms with van der Waals surface area (Å²) in [6, 6.07) is -1.22. The lowest BCUT2D eigenvalue weighted by Crippen LogP contribution is -2.50. The number of rotatable bonds is 0. The van der Waals surface area contributed by atoms with E-state index in [1.165, 1.54) is 6.92 Å². The largest absolute Gasteiger partial charge is 0.385 e. The Bertz CT molecular complexity index is 223. The highest BCUT2D eigenvalue weighted by Gasteiger charge is 2.49. The maximum absolute atomic E-state index is 13.2. The average Bonchev–Trinajstić information content (AvgIpc) is 1.82. The van der Waals surface area contributed by atoms with Crippen molar-refractivity contribution < 1.29 is 13.2 Å². The van der Waals surface area contributed by atoms with Gasteiger partial charge in [-0.3, -0.25) is 4.99 Å². The van der Waals surface area contributed by atoms with Gasteiger partial charge >= 0.3 is 0 Å². The van der Waals surface area contributed by atoms with E-state index >= 15 is 0 Å². The maximum Gasteiger partial charge on any atom is 0.273 e. The fourth-order valence-electron chi connectivity index (χ4n) is 1.12. The number of aliphatic imine (C=N–C) groups is 1. The van der Waals surface area contributed by atoms with Gasteiger partial charge in [0.1, 0.15) is 11.9 Å². The zero-order valence-corrected chi connectivity index (χ0v) is 6.94. The number of nitrogens with two attached hydrogens (primary N) is 1. The molecule has 2 N–H and O–H groups in total. The minimum absolute atomic E-state index is 0.332. The molecule has 2 unspecified atom stereocenters. The van der Waals surface area contributed by atoms with Crippen molar-refractivity contribution in [3.05, 3.63) is 0 Å². The second-order valence-electron chi connectivity index (χ2n) is 3.33. The minimum Gasteiger partial charge on any atom is -0.385 e. The second-order valence-corrected chi connectivity index (χ2v) is 3.33. The smallest absolute Gasteiger partial charge is 0.273 e. The Morgan fingerprint density at radius 3 is 2.42 bits per heavy atom. The second kappa shape index (κ2) is 2.37. The van der Waals surface area contributed by atoms with Crippen LogP contribution in [0, 0.1) is 0 Å². The van der Waals surface area contributed by atoms with Gasteiger partial charge in [0.2, 0.25) is 0 Å². The average molecular weight is 180 g/mol. The summed E-state index contributed by atoms with van der Waals surface area (Å²) in [5.41, 5.74) is 3.00. The molecule has 0 bridgehead atoms. The van der Waals surface area contributed by atoms with Gasteiger partial charge in [0, 0.05) is 0 Å². The molecule has 0 fully saturated rings. The van der Waals surface area contributed by atoms with Gasteiger partial charge in [-0.1, -0.05) is 0 Å². The van der Waals surface area contributed by atoms with E-state index in [2.05, 4.69) is 4.99 Å². The molecule has 0 radical (unpaired) electrons. The predicted molar refractivity (Wildman–Crippen MR) is 40.2 cm³/mol. The molecule has 0 saturated carbocycles. The van der Waals surface area contributed by atoms with Crippen LogP contribution in [0.2, 0.25) is 0 Å². The standard InChI is InChI=1S/C7H11F3N2/c1-4-7(9,10)3-6(2,8)5(11)12-4/h4H,3H2,1-2H3,(H2,11,12). The predicted octanol–water partition coefficient (Wildman–Crippen LogP) is 1.50. The molecule has 5 heteroatoms. The normalized spacial score (nSPS) is 40.8. The third kappa shape index (κ3) is 1.40. The topological polar surface area (TPSA) is 38.4 Å². The first-order valence-corrected chi connectivity index (χ1v) is 3.66. The summed E-state index contributed by atoms with van der Waals surface area (Å²) in [6.07, 6.45) is -0.878. The van der Waals surface area contributed by atoms with E-state index in [0.29, 0.717) is 0 Å². The molecule has 2 nitrogen and oxygen atoms in total. The summed E-state index contributed by atoms with van der Waals surface area (Å²) in [5.74, 6) is -3.42. The Kier molecular flexibility index (Phi) is 1.85. The number of nitrogens with zero attached hydrogens (tertiary/aromatic N) is 1. The molecule has 1 heterocycles. The SMILES string of the molecule is CC1N=C(N)C(C)(F)CC1(F)F. The Morgan fingerprint density at radius 2 is 2.00 bits per heavy atom. The highest BCUT2D eigenvalue weighted by atomic mass is 19.3. The third-order valence-electron chi connectivity index (χ3n) is 2.05. The van der Waals surface area contributed by atoms with Gasteiger partial charge in [-0.2, -0.15) is 0 Å². The Morgan fingerprint density at radius 1 is 1.50 bits per heavy atom. The zero-order valence-electron chi connectivity index (χ0n) is 6.94. The molecule has 1 rings (SSSR count). The number of alkyl halides is 3. The van der Waals surface area contributed by atoms with Crippen molar-refractivity contribution in [2.45, 2.75) is 37.9 Å². The molecule has 0 aromatic carbocycles. The molecule has 0 aliphatic carbocycles. The van der Waals surface area contributed by atoms with E-state index in [1.54, 1.807) is 0 Å². The fraction of sp³-hybridized carbons (Fsp3) is 0.857. The fourth-order valence-corrected chi connectivity index (χ4v) is 1.12. The lowest BCUT2D eigenvalue weighted by molar-refractivity contribution is -0.0608. The van der Waals surface area contributed by atoms with Crippen LogP contribution in [0.25, 0.3) is 0 Å². The molecule has 12 heavy (non-hydrogen) atoms. The van der Waals surface area contributed by atoms with Crippen LogP contribution in [0.3, 0.4) is 0 Å². The van der Waals surface area contributed by atoms with Gasteiger partial charge in [-0.15, -0.1) is 0 Å². The molecule has 0 spiro atoms. The Balaban J connectivity index is 2.99. The molecule has 0 aromatic heterocycles. The van der Waals surface area contributed by atoms with Crippen molar-refractivity contribution in [1.82, 2.24) is 0 Å². The maximum atomic E-state index is 13.2. The summed E-state index contributed by atoms with van der Waals surface area (Å²) < 4.78 is 38.9. The number of hydrogen-bond donors (Lipinski definition) is 1. The lowest BCUT2D eigenvalue weighted by atomic mass is 9.91. The molecule has 70 valence electrons. The van der Waals surface area contributed by atoms with Crippen molar-refractivity contribution in [3.8, 4) is 0 Å². The quantitative estimate of drug-likeness (QED) is 0.602. The van der Waals surface area contributed by atoms with Crippen molar-refractivity contribution in [1.29, 1.82) is 0 Å². The number of amidine groups is 1. The summed E-state index contributed by atoms with van der Waals surface area (Å²) >= 11 is 0. The monoisotopic (exact) mass is 180 g/mol. The van der Waals surface area contributed by atoms with Crippen molar-refractivity contribution >= 4 is 5.84 Å². The number of hydrogen-bond acceptors (Lipinski definition) is 2. The summed E-state index contributed by atoms with van der Waals surface area (Å²) in [7, 11) is 0. The molecule has 1 aliphatic heterocycles. The summed E-state index contributed by atoms with van der Waals surface area (Å²) in [5, 5.41) is 0. The van der Waals surface area contributed by atoms with Crippen LogP contribution in [-0.4, -0.2) is 23.5 Å². The van der Waals surface area contributed by atoms with Gasteiger partial charge in [0.05, 0.1) is 6.42 Å². The van der Waals surface area contributed by atoms with Crippen molar-refractivity contribution in [2.24, 2.45) is 10.7 Å². The Hall–Kier alpha value is -0.740. The van der Waals surface area contributed by atoms with Crippen LogP contribution >= 0.6 is 0 Å². The molecule has 1 aliphatic rings. The van der Waals surface area contributed by atoms with Gasteiger partial charge in [0.25, 0.3) is 5.92 Å². The van der Waals surface area contributed by atoms with Gasteiger partial charge in [0.15, 0.2) is 5.67 Å². The lowest BCUT2D eigenvalue weighted by Gasteiger charge is -2.33. The molecule has 0 saturated heterocycles. The Labute approximate surface area is 68.7 Å². The summed E-state index contributed by atoms with van der Waals surface area (Å²) in [4.78, 5) is 3.36. The van der Waals surface area contributed by atoms with E-state index in [9.17, 15) is 13.2 Å². The molecular weight excluding hydrogens is 169 g/mol. The third-order valence-corrected chi connectivity index (χ3v) is 2.05. The molecular formula is C7H11F3N2. The van der Waals surface area contributed by atoms with Gasteiger partial charge < -0.3 is 5.73 Å². The first kappa shape index (κ1) is 9.35. The van der Waals surface area contributed by atoms with Crippen molar-refractivity contribution in [3.63, 3.8) is 0 Å². The molecule has 2 atom stereocenters. The molecule has 0 aromatic rings. The van der Waals surface area contributed by atoms with Crippen LogP contribution in [0.15, 0.2) is 4.99 Å². The van der Waals surface area contributed by atoms with Crippen LogP contribution < -0.4 is 5.73 Å². The first-order valence-electron chi connectivity index (χ1n) is 3.66. The van der Waals surface area contributed by atoms with Crippen LogP contribution in [0.1, 0.15) is 20.3 Å². The van der Waals surface area contributed by atoms with Gasteiger partial charge in [-0.05, 0) is 13.8 Å². The summed E-state index contributed by atoms with van der Waals surface area (Å²) in [6.45, 7) is 2.24. The zero-order chi connectivity index (χ0) is 9.57. The van der Waals surface area contributed by atoms with Gasteiger partial charge in [-0.25, -0.2) is 13.2 Å². The minimum atomic E-state index is -3.09. The highest BCUT2D eigenvalue weighted by molar-refractivity contribution is 5.89. The number of halogens is 3. The first-order chi connectivity index (χ1) is 5.26. The highest BCUT2D eigenvalue weighted by Crippen LogP contribution is 2.37. The van der Waals surface area contributed by atoms with Crippen molar-refractivity contribution in [2.75, 3.05) is 0 Å². The van der Waals surface area contributed by atoms with E-state index in [0.717, 1.165) is 6.92 Å². The van der Waals surface area contributed by atoms with Crippen LogP contribution in [0.5, 0.6) is 0 Å². The van der Waals surface area contributed by atoms with E-state index < -0.39 is 24.1 Å². The van der Waals surface area contributed by atoms with E-state index in [1.807, 2.05) is 0 Å².